The molecule has 1 saturated heterocycles. The van der Waals surface area contributed by atoms with Crippen LogP contribution in [0.15, 0.2) is 48.8 Å². The van der Waals surface area contributed by atoms with E-state index in [1.165, 1.54) is 12.1 Å². The predicted molar refractivity (Wildman–Crippen MR) is 104 cm³/mol. The van der Waals surface area contributed by atoms with E-state index in [-0.39, 0.29) is 18.7 Å². The minimum Gasteiger partial charge on any atom is -0.445 e. The molecule has 3 heterocycles. The summed E-state index contributed by atoms with van der Waals surface area (Å²) in [6.45, 7) is 0.677. The summed E-state index contributed by atoms with van der Waals surface area (Å²) in [7, 11) is 0. The number of benzene rings is 1. The minimum absolute atomic E-state index is 0.0158. The minimum atomic E-state index is -0.859. The van der Waals surface area contributed by atoms with Gasteiger partial charge < -0.3 is 15.2 Å². The second kappa shape index (κ2) is 8.40. The van der Waals surface area contributed by atoms with Crippen molar-refractivity contribution in [3.63, 3.8) is 0 Å². The third-order valence-electron chi connectivity index (χ3n) is 4.87. The van der Waals surface area contributed by atoms with Crippen LogP contribution in [0.1, 0.15) is 31.1 Å². The van der Waals surface area contributed by atoms with Crippen LogP contribution in [-0.2, 0) is 16.1 Å². The summed E-state index contributed by atoms with van der Waals surface area (Å²) in [4.78, 5) is 15.6. The van der Waals surface area contributed by atoms with Crippen molar-refractivity contribution < 1.29 is 18.7 Å². The van der Waals surface area contributed by atoms with Crippen molar-refractivity contribution in [3.05, 3.63) is 60.2 Å². The Labute approximate surface area is 167 Å². The second-order valence-corrected chi connectivity index (χ2v) is 6.82. The van der Waals surface area contributed by atoms with Gasteiger partial charge in [0.2, 0.25) is 0 Å². The van der Waals surface area contributed by atoms with Crippen LogP contribution in [0.5, 0.6) is 0 Å². The highest BCUT2D eigenvalue weighted by molar-refractivity contribution is 5.71. The van der Waals surface area contributed by atoms with Crippen molar-refractivity contribution in [2.75, 3.05) is 6.61 Å². The van der Waals surface area contributed by atoms with E-state index >= 15 is 0 Å². The van der Waals surface area contributed by atoms with E-state index < -0.39 is 6.09 Å². The number of rotatable bonds is 5. The lowest BCUT2D eigenvalue weighted by molar-refractivity contribution is -0.0383. The van der Waals surface area contributed by atoms with Gasteiger partial charge in [-0.15, -0.1) is 0 Å². The highest BCUT2D eigenvalue weighted by Crippen LogP contribution is 2.32. The molecule has 2 N–H and O–H groups in total. The van der Waals surface area contributed by atoms with Gasteiger partial charge in [0.15, 0.2) is 6.23 Å². The first kappa shape index (κ1) is 19.1. The molecule has 1 atom stereocenters. The zero-order valence-corrected chi connectivity index (χ0v) is 15.8. The summed E-state index contributed by atoms with van der Waals surface area (Å²) in [5.74, 6) is -0.312. The molecule has 150 valence electrons. The monoisotopic (exact) mass is 396 g/mol. The maximum absolute atomic E-state index is 13.3. The van der Waals surface area contributed by atoms with Gasteiger partial charge in [0.1, 0.15) is 12.4 Å². The molecule has 0 saturated carbocycles. The van der Waals surface area contributed by atoms with Crippen molar-refractivity contribution in [1.82, 2.24) is 14.8 Å². The van der Waals surface area contributed by atoms with Gasteiger partial charge in [0.25, 0.3) is 0 Å². The summed E-state index contributed by atoms with van der Waals surface area (Å²) in [6.07, 6.45) is 5.31. The first-order valence-electron chi connectivity index (χ1n) is 9.44. The van der Waals surface area contributed by atoms with Crippen molar-refractivity contribution in [1.29, 1.82) is 0 Å². The van der Waals surface area contributed by atoms with Gasteiger partial charge in [0.05, 0.1) is 11.4 Å². The molecule has 1 aliphatic heterocycles. The number of primary amides is 1. The molecule has 1 aliphatic rings. The highest BCUT2D eigenvalue weighted by Gasteiger charge is 2.21. The van der Waals surface area contributed by atoms with Crippen LogP contribution in [0.2, 0.25) is 0 Å². The van der Waals surface area contributed by atoms with Crippen LogP contribution in [0, 0.1) is 5.82 Å². The van der Waals surface area contributed by atoms with Crippen molar-refractivity contribution >= 4 is 6.09 Å². The lowest BCUT2D eigenvalue weighted by Crippen LogP contribution is -2.20. The van der Waals surface area contributed by atoms with Crippen LogP contribution in [0.25, 0.3) is 22.5 Å². The molecular formula is C21H21FN4O3. The Balaban J connectivity index is 1.77. The SMILES string of the molecule is NC(=O)OCc1cnc(-c2ccc(F)cc2)cc1-c1ccnn1C1CCCCO1. The first-order valence-corrected chi connectivity index (χ1v) is 9.44. The lowest BCUT2D eigenvalue weighted by Gasteiger charge is -2.25. The highest BCUT2D eigenvalue weighted by atomic mass is 19.1. The molecule has 0 spiro atoms. The zero-order chi connectivity index (χ0) is 20.2. The van der Waals surface area contributed by atoms with Gasteiger partial charge in [-0.05, 0) is 55.7 Å². The number of hydrogen-bond donors (Lipinski definition) is 1. The first-order chi connectivity index (χ1) is 14.1. The van der Waals surface area contributed by atoms with E-state index in [0.29, 0.717) is 17.9 Å². The number of nitrogens with two attached hydrogens (primary N) is 1. The number of pyridine rings is 1. The Kier molecular flexibility index (Phi) is 5.53. The molecule has 3 aromatic rings. The summed E-state index contributed by atoms with van der Waals surface area (Å²) >= 11 is 0. The van der Waals surface area contributed by atoms with Crippen LogP contribution in [0.4, 0.5) is 9.18 Å². The van der Waals surface area contributed by atoms with E-state index in [1.807, 2.05) is 16.8 Å². The van der Waals surface area contributed by atoms with Gasteiger partial charge in [0, 0.05) is 35.7 Å². The molecule has 7 nitrogen and oxygen atoms in total. The Morgan fingerprint density at radius 2 is 2.10 bits per heavy atom. The molecule has 1 aromatic carbocycles. The van der Waals surface area contributed by atoms with Gasteiger partial charge in [-0.2, -0.15) is 5.10 Å². The van der Waals surface area contributed by atoms with Crippen molar-refractivity contribution in [3.8, 4) is 22.5 Å². The quantitative estimate of drug-likeness (QED) is 0.702. The molecule has 1 amide bonds. The van der Waals surface area contributed by atoms with E-state index in [1.54, 1.807) is 24.5 Å². The smallest absolute Gasteiger partial charge is 0.404 e. The zero-order valence-electron chi connectivity index (χ0n) is 15.8. The fourth-order valence-electron chi connectivity index (χ4n) is 3.44. The topological polar surface area (TPSA) is 92.3 Å². The van der Waals surface area contributed by atoms with Gasteiger partial charge in [-0.1, -0.05) is 0 Å². The van der Waals surface area contributed by atoms with Crippen molar-refractivity contribution in [2.24, 2.45) is 5.73 Å². The van der Waals surface area contributed by atoms with Crippen molar-refractivity contribution in [2.45, 2.75) is 32.1 Å². The average molecular weight is 396 g/mol. The molecule has 0 aliphatic carbocycles. The van der Waals surface area contributed by atoms with Crippen LogP contribution >= 0.6 is 0 Å². The molecule has 1 unspecified atom stereocenters. The third kappa shape index (κ3) is 4.27. The molecule has 2 aromatic heterocycles. The predicted octanol–water partition coefficient (Wildman–Crippen LogP) is 4.05. The standard InChI is InChI=1S/C21H21FN4O3/c22-16-6-4-14(5-7-16)18-11-17(15(12-24-18)13-29-21(23)27)19-8-9-25-26(19)20-3-1-2-10-28-20/h4-9,11-12,20H,1-3,10,13H2,(H2,23,27). The molecule has 4 rings (SSSR count). The number of halogens is 1. The normalized spacial score (nSPS) is 16.5. The number of aromatic nitrogens is 3. The second-order valence-electron chi connectivity index (χ2n) is 6.82. The summed E-state index contributed by atoms with van der Waals surface area (Å²) in [6, 6.07) is 9.88. The van der Waals surface area contributed by atoms with Crippen LogP contribution in [0.3, 0.4) is 0 Å². The van der Waals surface area contributed by atoms with Crippen LogP contribution in [-0.4, -0.2) is 27.5 Å². The maximum atomic E-state index is 13.3. The van der Waals surface area contributed by atoms with Gasteiger partial charge >= 0.3 is 6.09 Å². The van der Waals surface area contributed by atoms with Crippen LogP contribution < -0.4 is 5.73 Å². The number of ether oxygens (including phenoxy) is 2. The van der Waals surface area contributed by atoms with E-state index in [4.69, 9.17) is 15.2 Å². The maximum Gasteiger partial charge on any atom is 0.404 e. The summed E-state index contributed by atoms with van der Waals surface area (Å²) in [5, 5.41) is 4.46. The van der Waals surface area contributed by atoms with E-state index in [0.717, 1.165) is 36.1 Å². The lowest BCUT2D eigenvalue weighted by atomic mass is 10.0. The average Bonchev–Trinajstić information content (AvgIpc) is 3.23. The number of carbonyl (C=O) groups is 1. The molecule has 8 heteroatoms. The number of hydrogen-bond acceptors (Lipinski definition) is 5. The number of nitrogens with zero attached hydrogens (tertiary/aromatic N) is 3. The largest absolute Gasteiger partial charge is 0.445 e. The Hall–Kier alpha value is -3.26. The van der Waals surface area contributed by atoms with E-state index in [2.05, 4.69) is 10.1 Å². The molecule has 1 fully saturated rings. The number of carbonyl (C=O) groups excluding carboxylic acids is 1. The van der Waals surface area contributed by atoms with E-state index in [9.17, 15) is 9.18 Å². The summed E-state index contributed by atoms with van der Waals surface area (Å²) in [5.41, 5.74) is 8.89. The third-order valence-corrected chi connectivity index (χ3v) is 4.87. The Bertz CT molecular complexity index is 997. The molecular weight excluding hydrogens is 375 g/mol. The fourth-order valence-corrected chi connectivity index (χ4v) is 3.44. The molecule has 0 radical (unpaired) electrons. The molecule has 0 bridgehead atoms. The Morgan fingerprint density at radius 3 is 2.83 bits per heavy atom. The van der Waals surface area contributed by atoms with Gasteiger partial charge in [-0.25, -0.2) is 13.9 Å². The number of amides is 1. The van der Waals surface area contributed by atoms with Gasteiger partial charge in [-0.3, -0.25) is 4.98 Å². The summed E-state index contributed by atoms with van der Waals surface area (Å²) < 4.78 is 26.0. The molecule has 29 heavy (non-hydrogen) atoms. The Morgan fingerprint density at radius 1 is 1.28 bits per heavy atom. The fraction of sp³-hybridized carbons (Fsp3) is 0.286.